The van der Waals surface area contributed by atoms with Gasteiger partial charge in [0.25, 0.3) is 0 Å². The fourth-order valence-electron chi connectivity index (χ4n) is 2.36. The molecule has 100 valence electrons. The van der Waals surface area contributed by atoms with Crippen molar-refractivity contribution in [2.75, 3.05) is 36.0 Å². The molecule has 1 heterocycles. The minimum atomic E-state index is 0.994. The summed E-state index contributed by atoms with van der Waals surface area (Å²) in [6, 6.07) is 8.85. The second-order valence-corrected chi connectivity index (χ2v) is 5.98. The number of rotatable bonds is 5. The van der Waals surface area contributed by atoms with E-state index in [1.807, 2.05) is 0 Å². The average Bonchev–Trinajstić information content (AvgIpc) is 2.68. The first-order valence-electron chi connectivity index (χ1n) is 7.03. The van der Waals surface area contributed by atoms with Gasteiger partial charge in [0.05, 0.1) is 0 Å². The number of nitrogens with one attached hydrogen (secondary N) is 1. The largest absolute Gasteiger partial charge is 0.370 e. The molecule has 1 N–H and O–H groups in total. The van der Waals surface area contributed by atoms with Crippen molar-refractivity contribution in [2.24, 2.45) is 0 Å². The molecular formula is C15H24N2S. The van der Waals surface area contributed by atoms with Crippen LogP contribution in [-0.2, 0) is 6.54 Å². The van der Waals surface area contributed by atoms with E-state index in [1.165, 1.54) is 48.7 Å². The van der Waals surface area contributed by atoms with E-state index in [4.69, 9.17) is 0 Å². The fourth-order valence-corrected chi connectivity index (χ4v) is 3.24. The van der Waals surface area contributed by atoms with Crippen LogP contribution < -0.4 is 10.2 Å². The first kappa shape index (κ1) is 13.8. The lowest BCUT2D eigenvalue weighted by molar-refractivity contribution is 0.672. The molecule has 1 aromatic rings. The molecule has 1 fully saturated rings. The predicted molar refractivity (Wildman–Crippen MR) is 82.6 cm³/mol. The lowest BCUT2D eigenvalue weighted by Crippen LogP contribution is -2.27. The van der Waals surface area contributed by atoms with Crippen LogP contribution in [0.15, 0.2) is 24.3 Å². The molecule has 0 unspecified atom stereocenters. The minimum absolute atomic E-state index is 0.994. The smallest absolute Gasteiger partial charge is 0.0412 e. The minimum Gasteiger partial charge on any atom is -0.370 e. The van der Waals surface area contributed by atoms with E-state index in [0.717, 1.165) is 13.1 Å². The molecule has 1 aliphatic rings. The molecule has 0 aliphatic carbocycles. The number of nitrogens with zero attached hydrogens (tertiary/aromatic N) is 1. The first-order chi connectivity index (χ1) is 8.92. The predicted octanol–water partition coefficient (Wildman–Crippen LogP) is 3.13. The summed E-state index contributed by atoms with van der Waals surface area (Å²) >= 11 is 2.08. The van der Waals surface area contributed by atoms with E-state index in [-0.39, 0.29) is 0 Å². The third kappa shape index (κ3) is 3.92. The van der Waals surface area contributed by atoms with Crippen molar-refractivity contribution in [1.82, 2.24) is 5.32 Å². The van der Waals surface area contributed by atoms with Crippen LogP contribution in [0.25, 0.3) is 0 Å². The maximum Gasteiger partial charge on any atom is 0.0412 e. The Balaban J connectivity index is 2.05. The van der Waals surface area contributed by atoms with Crippen LogP contribution in [0.1, 0.15) is 25.3 Å². The van der Waals surface area contributed by atoms with E-state index < -0.39 is 0 Å². The van der Waals surface area contributed by atoms with Gasteiger partial charge in [-0.15, -0.1) is 0 Å². The third-order valence-corrected chi connectivity index (χ3v) is 4.35. The van der Waals surface area contributed by atoms with Gasteiger partial charge in [-0.05, 0) is 36.8 Å². The van der Waals surface area contributed by atoms with E-state index in [2.05, 4.69) is 53.2 Å². The van der Waals surface area contributed by atoms with Crippen LogP contribution >= 0.6 is 11.8 Å². The highest BCUT2D eigenvalue weighted by atomic mass is 32.2. The molecule has 0 atom stereocenters. The van der Waals surface area contributed by atoms with Gasteiger partial charge >= 0.3 is 0 Å². The Kier molecular flexibility index (Phi) is 5.88. The van der Waals surface area contributed by atoms with Crippen LogP contribution in [-0.4, -0.2) is 31.1 Å². The lowest BCUT2D eigenvalue weighted by Gasteiger charge is -2.25. The molecule has 0 amide bonds. The zero-order valence-electron chi connectivity index (χ0n) is 11.3. The van der Waals surface area contributed by atoms with Gasteiger partial charge in [0.1, 0.15) is 0 Å². The molecule has 1 aliphatic heterocycles. The molecule has 0 saturated carbocycles. The van der Waals surface area contributed by atoms with Crippen LogP contribution in [0, 0.1) is 0 Å². The van der Waals surface area contributed by atoms with Crippen LogP contribution in [0.4, 0.5) is 5.69 Å². The van der Waals surface area contributed by atoms with Gasteiger partial charge in [0.2, 0.25) is 0 Å². The Morgan fingerprint density at radius 1 is 1.22 bits per heavy atom. The Labute approximate surface area is 115 Å². The number of benzene rings is 1. The summed E-state index contributed by atoms with van der Waals surface area (Å²) in [7, 11) is 0. The molecular weight excluding hydrogens is 240 g/mol. The Morgan fingerprint density at radius 2 is 2.11 bits per heavy atom. The highest BCUT2D eigenvalue weighted by molar-refractivity contribution is 7.99. The zero-order valence-corrected chi connectivity index (χ0v) is 12.1. The van der Waals surface area contributed by atoms with Crippen molar-refractivity contribution in [3.8, 4) is 0 Å². The van der Waals surface area contributed by atoms with Crippen molar-refractivity contribution < 1.29 is 0 Å². The van der Waals surface area contributed by atoms with E-state index in [9.17, 15) is 0 Å². The summed E-state index contributed by atoms with van der Waals surface area (Å²) < 4.78 is 0. The number of hydrogen-bond acceptors (Lipinski definition) is 3. The van der Waals surface area contributed by atoms with Crippen molar-refractivity contribution in [3.63, 3.8) is 0 Å². The summed E-state index contributed by atoms with van der Waals surface area (Å²) in [6.45, 7) is 6.70. The Bertz CT molecular complexity index is 346. The van der Waals surface area contributed by atoms with E-state index in [1.54, 1.807) is 0 Å². The van der Waals surface area contributed by atoms with Gasteiger partial charge < -0.3 is 10.2 Å². The quantitative estimate of drug-likeness (QED) is 0.823. The van der Waals surface area contributed by atoms with Gasteiger partial charge in [-0.1, -0.05) is 25.1 Å². The van der Waals surface area contributed by atoms with Gasteiger partial charge in [0, 0.05) is 31.1 Å². The van der Waals surface area contributed by atoms with Crippen LogP contribution in [0.5, 0.6) is 0 Å². The van der Waals surface area contributed by atoms with Gasteiger partial charge in [0.15, 0.2) is 0 Å². The average molecular weight is 264 g/mol. The Hall–Kier alpha value is -0.670. The number of hydrogen-bond donors (Lipinski definition) is 1. The SMILES string of the molecule is CCCNCc1ccccc1N1CCCSCC1. The van der Waals surface area contributed by atoms with Crippen molar-refractivity contribution in [3.05, 3.63) is 29.8 Å². The molecule has 18 heavy (non-hydrogen) atoms. The summed E-state index contributed by atoms with van der Waals surface area (Å²) in [5, 5.41) is 3.51. The summed E-state index contributed by atoms with van der Waals surface area (Å²) in [5.41, 5.74) is 2.88. The maximum absolute atomic E-state index is 3.51. The van der Waals surface area contributed by atoms with E-state index >= 15 is 0 Å². The maximum atomic E-state index is 3.51. The number of anilines is 1. The monoisotopic (exact) mass is 264 g/mol. The number of para-hydroxylation sites is 1. The first-order valence-corrected chi connectivity index (χ1v) is 8.18. The second kappa shape index (κ2) is 7.70. The van der Waals surface area contributed by atoms with Crippen molar-refractivity contribution in [1.29, 1.82) is 0 Å². The second-order valence-electron chi connectivity index (χ2n) is 4.76. The highest BCUT2D eigenvalue weighted by Gasteiger charge is 2.12. The summed E-state index contributed by atoms with van der Waals surface area (Å²) in [5.74, 6) is 2.57. The summed E-state index contributed by atoms with van der Waals surface area (Å²) in [4.78, 5) is 2.56. The van der Waals surface area contributed by atoms with Crippen molar-refractivity contribution in [2.45, 2.75) is 26.3 Å². The fraction of sp³-hybridized carbons (Fsp3) is 0.600. The molecule has 3 heteroatoms. The molecule has 0 bridgehead atoms. The molecule has 2 rings (SSSR count). The Morgan fingerprint density at radius 3 is 3.00 bits per heavy atom. The van der Waals surface area contributed by atoms with Crippen molar-refractivity contribution >= 4 is 17.4 Å². The topological polar surface area (TPSA) is 15.3 Å². The molecule has 2 nitrogen and oxygen atoms in total. The van der Waals surface area contributed by atoms with Crippen LogP contribution in [0.3, 0.4) is 0 Å². The molecule has 0 spiro atoms. The number of thioether (sulfide) groups is 1. The van der Waals surface area contributed by atoms with Gasteiger partial charge in [-0.2, -0.15) is 11.8 Å². The third-order valence-electron chi connectivity index (χ3n) is 3.30. The molecule has 0 aromatic heterocycles. The van der Waals surface area contributed by atoms with Crippen LogP contribution in [0.2, 0.25) is 0 Å². The normalized spacial score (nSPS) is 16.6. The van der Waals surface area contributed by atoms with E-state index in [0.29, 0.717) is 0 Å². The zero-order chi connectivity index (χ0) is 12.6. The molecule has 1 saturated heterocycles. The molecule has 1 aromatic carbocycles. The summed E-state index contributed by atoms with van der Waals surface area (Å²) in [6.07, 6.45) is 2.50. The van der Waals surface area contributed by atoms with Gasteiger partial charge in [-0.25, -0.2) is 0 Å². The molecule has 0 radical (unpaired) electrons. The lowest BCUT2D eigenvalue weighted by atomic mass is 10.1. The highest BCUT2D eigenvalue weighted by Crippen LogP contribution is 2.23. The standard InChI is InChI=1S/C15H24N2S/c1-2-8-16-13-14-6-3-4-7-15(14)17-9-5-11-18-12-10-17/h3-4,6-7,16H,2,5,8-13H2,1H3. The van der Waals surface area contributed by atoms with Gasteiger partial charge in [-0.3, -0.25) is 0 Å².